The van der Waals surface area contributed by atoms with Crippen LogP contribution < -0.4 is 5.32 Å². The zero-order chi connectivity index (χ0) is 11.5. The molecule has 0 radical (unpaired) electrons. The van der Waals surface area contributed by atoms with Gasteiger partial charge in [0.2, 0.25) is 0 Å². The molecular formula is C11H13BrFNO2. The second-order valence-corrected chi connectivity index (χ2v) is 4.74. The van der Waals surface area contributed by atoms with Crippen LogP contribution in [0.2, 0.25) is 0 Å². The Morgan fingerprint density at radius 1 is 1.50 bits per heavy atom. The zero-order valence-corrected chi connectivity index (χ0v) is 10.2. The second-order valence-electron chi connectivity index (χ2n) is 3.83. The van der Waals surface area contributed by atoms with E-state index in [-0.39, 0.29) is 11.9 Å². The van der Waals surface area contributed by atoms with Crippen molar-refractivity contribution in [2.24, 2.45) is 0 Å². The van der Waals surface area contributed by atoms with Crippen LogP contribution in [0.4, 0.5) is 4.39 Å². The van der Waals surface area contributed by atoms with Gasteiger partial charge in [0, 0.05) is 16.6 Å². The largest absolute Gasteiger partial charge is 0.389 e. The first kappa shape index (κ1) is 12.0. The highest BCUT2D eigenvalue weighted by molar-refractivity contribution is 9.10. The Kier molecular flexibility index (Phi) is 3.91. The molecule has 1 saturated heterocycles. The molecule has 0 aromatic heterocycles. The molecule has 1 fully saturated rings. The van der Waals surface area contributed by atoms with Crippen molar-refractivity contribution in [2.45, 2.75) is 18.7 Å². The molecular weight excluding hydrogens is 277 g/mol. The van der Waals surface area contributed by atoms with Crippen LogP contribution in [0, 0.1) is 5.82 Å². The van der Waals surface area contributed by atoms with Crippen molar-refractivity contribution in [2.75, 3.05) is 13.2 Å². The zero-order valence-electron chi connectivity index (χ0n) is 8.62. The Balaban J connectivity index is 1.94. The summed E-state index contributed by atoms with van der Waals surface area (Å²) in [6, 6.07) is 4.83. The third kappa shape index (κ3) is 2.79. The van der Waals surface area contributed by atoms with Gasteiger partial charge in [-0.1, -0.05) is 22.0 Å². The first-order valence-electron chi connectivity index (χ1n) is 5.10. The van der Waals surface area contributed by atoms with E-state index in [0.29, 0.717) is 25.3 Å². The van der Waals surface area contributed by atoms with Crippen LogP contribution in [0.1, 0.15) is 5.56 Å². The molecule has 0 bridgehead atoms. The predicted molar refractivity (Wildman–Crippen MR) is 61.6 cm³/mol. The smallest absolute Gasteiger partial charge is 0.128 e. The monoisotopic (exact) mass is 289 g/mol. The normalized spacial score (nSPS) is 24.9. The number of rotatable bonds is 3. The van der Waals surface area contributed by atoms with Crippen LogP contribution in [-0.2, 0) is 11.3 Å². The van der Waals surface area contributed by atoms with Crippen molar-refractivity contribution in [3.8, 4) is 0 Å². The van der Waals surface area contributed by atoms with Gasteiger partial charge in [-0.3, -0.25) is 0 Å². The highest BCUT2D eigenvalue weighted by Gasteiger charge is 2.25. The predicted octanol–water partition coefficient (Wildman–Crippen LogP) is 1.44. The average molecular weight is 290 g/mol. The first-order valence-corrected chi connectivity index (χ1v) is 5.89. The number of aliphatic hydroxyl groups excluding tert-OH is 1. The van der Waals surface area contributed by atoms with E-state index in [4.69, 9.17) is 4.74 Å². The molecule has 2 atom stereocenters. The Morgan fingerprint density at radius 3 is 2.94 bits per heavy atom. The molecule has 5 heteroatoms. The summed E-state index contributed by atoms with van der Waals surface area (Å²) in [7, 11) is 0. The Morgan fingerprint density at radius 2 is 2.31 bits per heavy atom. The summed E-state index contributed by atoms with van der Waals surface area (Å²) in [6.07, 6.45) is -0.501. The van der Waals surface area contributed by atoms with Crippen LogP contribution >= 0.6 is 15.9 Å². The molecule has 0 aliphatic carbocycles. The Hall–Kier alpha value is -0.490. The summed E-state index contributed by atoms with van der Waals surface area (Å²) in [5.74, 6) is -0.254. The van der Waals surface area contributed by atoms with Gasteiger partial charge in [-0.25, -0.2) is 4.39 Å². The van der Waals surface area contributed by atoms with E-state index in [1.54, 1.807) is 12.1 Å². The van der Waals surface area contributed by atoms with Crippen molar-refractivity contribution < 1.29 is 14.2 Å². The average Bonchev–Trinajstić information content (AvgIpc) is 2.63. The Labute approximate surface area is 102 Å². The lowest BCUT2D eigenvalue weighted by Crippen LogP contribution is -2.38. The summed E-state index contributed by atoms with van der Waals surface area (Å²) in [6.45, 7) is 1.21. The minimum atomic E-state index is -0.501. The minimum absolute atomic E-state index is 0.108. The van der Waals surface area contributed by atoms with E-state index in [2.05, 4.69) is 21.2 Å². The van der Waals surface area contributed by atoms with Crippen molar-refractivity contribution in [1.29, 1.82) is 0 Å². The third-order valence-corrected chi connectivity index (χ3v) is 3.11. The van der Waals surface area contributed by atoms with Gasteiger partial charge in [-0.15, -0.1) is 0 Å². The van der Waals surface area contributed by atoms with Crippen LogP contribution in [-0.4, -0.2) is 30.5 Å². The van der Waals surface area contributed by atoms with Crippen molar-refractivity contribution in [3.05, 3.63) is 34.1 Å². The molecule has 0 amide bonds. The number of benzene rings is 1. The van der Waals surface area contributed by atoms with Gasteiger partial charge in [0.15, 0.2) is 0 Å². The molecule has 1 aliphatic heterocycles. The highest BCUT2D eigenvalue weighted by Crippen LogP contribution is 2.15. The minimum Gasteiger partial charge on any atom is -0.389 e. The van der Waals surface area contributed by atoms with E-state index in [9.17, 15) is 9.50 Å². The van der Waals surface area contributed by atoms with Gasteiger partial charge in [0.1, 0.15) is 5.82 Å². The first-order chi connectivity index (χ1) is 7.66. The maximum atomic E-state index is 13.5. The fourth-order valence-corrected chi connectivity index (χ4v) is 1.98. The maximum Gasteiger partial charge on any atom is 0.128 e. The van der Waals surface area contributed by atoms with Gasteiger partial charge < -0.3 is 15.2 Å². The number of aliphatic hydroxyl groups is 1. The molecule has 1 heterocycles. The molecule has 1 aliphatic rings. The van der Waals surface area contributed by atoms with E-state index in [1.165, 1.54) is 6.07 Å². The lowest BCUT2D eigenvalue weighted by atomic mass is 10.1. The lowest BCUT2D eigenvalue weighted by Gasteiger charge is -2.14. The summed E-state index contributed by atoms with van der Waals surface area (Å²) < 4.78 is 19.3. The molecule has 1 aromatic carbocycles. The molecule has 16 heavy (non-hydrogen) atoms. The van der Waals surface area contributed by atoms with Gasteiger partial charge in [0.05, 0.1) is 25.4 Å². The molecule has 1 aromatic rings. The molecule has 3 nitrogen and oxygen atoms in total. The molecule has 2 unspecified atom stereocenters. The van der Waals surface area contributed by atoms with Gasteiger partial charge in [0.25, 0.3) is 0 Å². The van der Waals surface area contributed by atoms with Crippen molar-refractivity contribution >= 4 is 15.9 Å². The van der Waals surface area contributed by atoms with E-state index >= 15 is 0 Å². The topological polar surface area (TPSA) is 41.5 Å². The number of hydrogen-bond acceptors (Lipinski definition) is 3. The second kappa shape index (κ2) is 5.23. The lowest BCUT2D eigenvalue weighted by molar-refractivity contribution is 0.122. The van der Waals surface area contributed by atoms with Gasteiger partial charge in [-0.05, 0) is 12.1 Å². The Bertz CT molecular complexity index is 375. The van der Waals surface area contributed by atoms with Gasteiger partial charge in [-0.2, -0.15) is 0 Å². The quantitative estimate of drug-likeness (QED) is 0.885. The summed E-state index contributed by atoms with van der Waals surface area (Å²) in [4.78, 5) is 0. The van der Waals surface area contributed by atoms with E-state index in [0.717, 1.165) is 4.47 Å². The molecule has 0 saturated carbocycles. The van der Waals surface area contributed by atoms with Crippen LogP contribution in [0.3, 0.4) is 0 Å². The molecule has 2 rings (SSSR count). The fourth-order valence-electron chi connectivity index (χ4n) is 1.64. The fraction of sp³-hybridized carbons (Fsp3) is 0.455. The molecule has 88 valence electrons. The third-order valence-electron chi connectivity index (χ3n) is 2.62. The molecule has 2 N–H and O–H groups in total. The standard InChI is InChI=1S/C11H13BrFNO2/c12-8-2-1-7(9(13)3-8)4-14-10-5-16-6-11(10)15/h1-3,10-11,14-15H,4-6H2. The molecule has 0 spiro atoms. The van der Waals surface area contributed by atoms with Gasteiger partial charge >= 0.3 is 0 Å². The summed E-state index contributed by atoms with van der Waals surface area (Å²) in [5.41, 5.74) is 0.585. The van der Waals surface area contributed by atoms with Crippen LogP contribution in [0.5, 0.6) is 0 Å². The number of hydrogen-bond donors (Lipinski definition) is 2. The van der Waals surface area contributed by atoms with Crippen molar-refractivity contribution in [3.63, 3.8) is 0 Å². The number of ether oxygens (including phenoxy) is 1. The highest BCUT2D eigenvalue weighted by atomic mass is 79.9. The summed E-state index contributed by atoms with van der Waals surface area (Å²) >= 11 is 3.20. The maximum absolute atomic E-state index is 13.5. The number of nitrogens with one attached hydrogen (secondary N) is 1. The van der Waals surface area contributed by atoms with Crippen molar-refractivity contribution in [1.82, 2.24) is 5.32 Å². The SMILES string of the molecule is OC1COCC1NCc1ccc(Br)cc1F. The van der Waals surface area contributed by atoms with E-state index in [1.807, 2.05) is 0 Å². The van der Waals surface area contributed by atoms with Crippen LogP contribution in [0.25, 0.3) is 0 Å². The van der Waals surface area contributed by atoms with E-state index < -0.39 is 6.10 Å². The number of halogens is 2. The summed E-state index contributed by atoms with van der Waals surface area (Å²) in [5, 5.41) is 12.6. The van der Waals surface area contributed by atoms with Crippen LogP contribution in [0.15, 0.2) is 22.7 Å².